The first-order chi connectivity index (χ1) is 42.8. The molecule has 3 aliphatic rings. The molecule has 3 fully saturated rings. The second kappa shape index (κ2) is 51.7. The minimum atomic E-state index is -1.97. The molecule has 0 aromatic carbocycles. The van der Waals surface area contributed by atoms with Crippen LogP contribution in [0.15, 0.2) is 24.3 Å². The molecule has 3 heterocycles. The molecule has 0 spiro atoms. The van der Waals surface area contributed by atoms with Crippen molar-refractivity contribution in [3.63, 3.8) is 0 Å². The molecule has 0 aromatic heterocycles. The van der Waals surface area contributed by atoms with Gasteiger partial charge in [-0.15, -0.1) is 0 Å². The molecule has 0 aliphatic carbocycles. The van der Waals surface area contributed by atoms with E-state index in [-0.39, 0.29) is 18.9 Å². The average molecular weight is 1260 g/mol. The molecule has 3 aliphatic heterocycles. The van der Waals surface area contributed by atoms with Gasteiger partial charge in [-0.05, 0) is 44.9 Å². The summed E-state index contributed by atoms with van der Waals surface area (Å²) in [6.45, 7) is 1.82. The molecule has 12 N–H and O–H groups in total. The second-order valence-corrected chi connectivity index (χ2v) is 25.7. The molecule has 0 aromatic rings. The number of aliphatic hydroxyl groups is 11. The Balaban J connectivity index is 1.43. The fourth-order valence-corrected chi connectivity index (χ4v) is 12.2. The number of ether oxygens (including phenoxy) is 6. The van der Waals surface area contributed by atoms with Gasteiger partial charge in [-0.1, -0.05) is 250 Å². The Hall–Kier alpha value is -1.73. The van der Waals surface area contributed by atoms with E-state index in [1.54, 1.807) is 0 Å². The van der Waals surface area contributed by atoms with Crippen molar-refractivity contribution in [2.24, 2.45) is 0 Å². The predicted molar refractivity (Wildman–Crippen MR) is 342 cm³/mol. The quantitative estimate of drug-likeness (QED) is 0.0199. The first-order valence-corrected chi connectivity index (χ1v) is 35.6. The number of carbonyl (C=O) groups is 1. The molecule has 19 heteroatoms. The summed E-state index contributed by atoms with van der Waals surface area (Å²) in [7, 11) is 0. The van der Waals surface area contributed by atoms with E-state index in [0.29, 0.717) is 12.8 Å². The van der Waals surface area contributed by atoms with Crippen molar-refractivity contribution >= 4 is 5.91 Å². The Kier molecular flexibility index (Phi) is 47.3. The lowest BCUT2D eigenvalue weighted by Gasteiger charge is -2.48. The van der Waals surface area contributed by atoms with Crippen LogP contribution in [0.4, 0.5) is 0 Å². The lowest BCUT2D eigenvalue weighted by Crippen LogP contribution is -2.66. The third-order valence-corrected chi connectivity index (χ3v) is 18.0. The highest BCUT2D eigenvalue weighted by Crippen LogP contribution is 2.33. The number of amides is 1. The van der Waals surface area contributed by atoms with Crippen LogP contribution in [0.3, 0.4) is 0 Å². The molecular weight excluding hydrogens is 1130 g/mol. The fourth-order valence-electron chi connectivity index (χ4n) is 12.2. The zero-order valence-electron chi connectivity index (χ0n) is 54.7. The highest BCUT2D eigenvalue weighted by atomic mass is 16.8. The maximum Gasteiger partial charge on any atom is 0.220 e. The molecule has 17 unspecified atom stereocenters. The van der Waals surface area contributed by atoms with Crippen LogP contribution >= 0.6 is 0 Å². The maximum absolute atomic E-state index is 13.4. The summed E-state index contributed by atoms with van der Waals surface area (Å²) < 4.78 is 34.4. The predicted octanol–water partition coefficient (Wildman–Crippen LogP) is 9.44. The van der Waals surface area contributed by atoms with Crippen LogP contribution in [0.2, 0.25) is 0 Å². The van der Waals surface area contributed by atoms with E-state index >= 15 is 0 Å². The van der Waals surface area contributed by atoms with E-state index in [2.05, 4.69) is 43.5 Å². The minimum Gasteiger partial charge on any atom is -0.394 e. The smallest absolute Gasteiger partial charge is 0.220 e. The minimum absolute atomic E-state index is 0.244. The van der Waals surface area contributed by atoms with Crippen LogP contribution in [0.5, 0.6) is 0 Å². The number of aliphatic hydroxyl groups excluding tert-OH is 11. The van der Waals surface area contributed by atoms with Gasteiger partial charge >= 0.3 is 0 Å². The third-order valence-electron chi connectivity index (χ3n) is 18.0. The van der Waals surface area contributed by atoms with E-state index < -0.39 is 124 Å². The summed E-state index contributed by atoms with van der Waals surface area (Å²) in [5.74, 6) is -0.244. The highest BCUT2D eigenvalue weighted by Gasteiger charge is 2.53. The zero-order valence-corrected chi connectivity index (χ0v) is 54.7. The van der Waals surface area contributed by atoms with Crippen molar-refractivity contribution in [2.75, 3.05) is 26.4 Å². The molecule has 88 heavy (non-hydrogen) atoms. The third kappa shape index (κ3) is 33.4. The van der Waals surface area contributed by atoms with E-state index in [1.165, 1.54) is 186 Å². The Morgan fingerprint density at radius 2 is 0.750 bits per heavy atom. The molecule has 3 saturated heterocycles. The van der Waals surface area contributed by atoms with Crippen LogP contribution in [-0.2, 0) is 33.2 Å². The van der Waals surface area contributed by atoms with Gasteiger partial charge in [-0.2, -0.15) is 0 Å². The summed E-state index contributed by atoms with van der Waals surface area (Å²) >= 11 is 0. The number of rotatable bonds is 55. The Labute approximate surface area is 530 Å². The molecule has 17 atom stereocenters. The van der Waals surface area contributed by atoms with Crippen LogP contribution in [0.25, 0.3) is 0 Å². The Morgan fingerprint density at radius 1 is 0.409 bits per heavy atom. The lowest BCUT2D eigenvalue weighted by molar-refractivity contribution is -0.379. The molecule has 3 rings (SSSR count). The highest BCUT2D eigenvalue weighted by molar-refractivity contribution is 5.76. The van der Waals surface area contributed by atoms with Crippen LogP contribution < -0.4 is 5.32 Å². The first kappa shape index (κ1) is 80.5. The number of hydrogen-bond acceptors (Lipinski definition) is 18. The Bertz CT molecular complexity index is 1690. The van der Waals surface area contributed by atoms with E-state index in [9.17, 15) is 61.0 Å². The molecular formula is C69H129NO18. The van der Waals surface area contributed by atoms with Crippen molar-refractivity contribution in [1.82, 2.24) is 5.32 Å². The zero-order chi connectivity index (χ0) is 64.0. The van der Waals surface area contributed by atoms with E-state index in [4.69, 9.17) is 28.4 Å². The average Bonchev–Trinajstić information content (AvgIpc) is 3.72. The van der Waals surface area contributed by atoms with Crippen LogP contribution in [0.1, 0.15) is 277 Å². The number of unbranched alkanes of at least 4 members (excludes halogenated alkanes) is 35. The topological polar surface area (TPSA) is 307 Å². The summed E-state index contributed by atoms with van der Waals surface area (Å²) in [5, 5.41) is 121. The van der Waals surface area contributed by atoms with Gasteiger partial charge in [0.25, 0.3) is 0 Å². The van der Waals surface area contributed by atoms with E-state index in [0.717, 1.165) is 57.8 Å². The molecule has 518 valence electrons. The van der Waals surface area contributed by atoms with Gasteiger partial charge < -0.3 is 89.9 Å². The molecule has 0 radical (unpaired) electrons. The number of nitrogens with one attached hydrogen (secondary N) is 1. The van der Waals surface area contributed by atoms with Gasteiger partial charge in [0.1, 0.15) is 73.2 Å². The van der Waals surface area contributed by atoms with Gasteiger partial charge in [0.05, 0.1) is 38.6 Å². The normalized spacial score (nSPS) is 28.5. The number of carbonyl (C=O) groups excluding carboxylic acids is 1. The van der Waals surface area contributed by atoms with Crippen molar-refractivity contribution < 1.29 is 89.4 Å². The first-order valence-electron chi connectivity index (χ1n) is 35.6. The summed E-state index contributed by atoms with van der Waals surface area (Å²) in [6.07, 6.45) is 31.0. The molecule has 0 saturated carbocycles. The van der Waals surface area contributed by atoms with Crippen molar-refractivity contribution in [3.05, 3.63) is 24.3 Å². The van der Waals surface area contributed by atoms with Gasteiger partial charge in [0.15, 0.2) is 18.9 Å². The summed E-state index contributed by atoms with van der Waals surface area (Å²) in [6, 6.07) is -0.889. The standard InChI is InChI=1S/C69H129NO18/c1-3-5-7-9-11-13-15-17-19-21-23-25-27-28-30-32-34-36-38-40-42-44-46-53(74)52(70-57(75)47-45-43-41-39-37-35-33-31-29-26-24-22-20-18-16-14-12-10-8-6-4-2)51-83-67-63(81)60(78)65(55(49-72)85-67)88-69-64(82)61(79)66(56(50-73)86-69)87-68-62(80)59(77)58(76)54(48-71)84-68/h16,18,22,24,52-56,58-69,71-74,76-82H,3-15,17,19-21,23,25-51H2,1-2H3,(H,70,75)/b18-16-,24-22-. The lowest BCUT2D eigenvalue weighted by atomic mass is 9.96. The van der Waals surface area contributed by atoms with Crippen molar-refractivity contribution in [1.29, 1.82) is 0 Å². The van der Waals surface area contributed by atoms with Crippen molar-refractivity contribution in [2.45, 2.75) is 381 Å². The van der Waals surface area contributed by atoms with Gasteiger partial charge in [-0.3, -0.25) is 4.79 Å². The van der Waals surface area contributed by atoms with Crippen LogP contribution in [0, 0.1) is 0 Å². The molecule has 0 bridgehead atoms. The largest absolute Gasteiger partial charge is 0.394 e. The van der Waals surface area contributed by atoms with Gasteiger partial charge in [0.2, 0.25) is 5.91 Å². The molecule has 19 nitrogen and oxygen atoms in total. The summed E-state index contributed by atoms with van der Waals surface area (Å²) in [5.41, 5.74) is 0. The summed E-state index contributed by atoms with van der Waals surface area (Å²) in [4.78, 5) is 13.4. The maximum atomic E-state index is 13.4. The van der Waals surface area contributed by atoms with Crippen LogP contribution in [-0.4, -0.2) is 193 Å². The van der Waals surface area contributed by atoms with Gasteiger partial charge in [-0.25, -0.2) is 0 Å². The van der Waals surface area contributed by atoms with E-state index in [1.807, 2.05) is 0 Å². The monoisotopic (exact) mass is 1260 g/mol. The van der Waals surface area contributed by atoms with Crippen molar-refractivity contribution in [3.8, 4) is 0 Å². The second-order valence-electron chi connectivity index (χ2n) is 25.7. The SMILES string of the molecule is CCCCCCC/C=C\C/C=C\CCCCCCCCCCCC(=O)NC(COC1OC(CO)C(OC2OC(CO)C(OC3OC(CO)C(O)C(O)C3O)C(O)C2O)C(O)C1O)C(O)CCCCCCCCCCCCCCCCCCCCCCCC. The Morgan fingerprint density at radius 3 is 1.16 bits per heavy atom. The number of hydrogen-bond donors (Lipinski definition) is 12. The number of allylic oxidation sites excluding steroid dienone is 4. The molecule has 1 amide bonds. The fraction of sp³-hybridized carbons (Fsp3) is 0.928. The van der Waals surface area contributed by atoms with Gasteiger partial charge in [0, 0.05) is 6.42 Å².